The third kappa shape index (κ3) is 6.44. The van der Waals surface area contributed by atoms with E-state index in [1.807, 2.05) is 46.2 Å². The van der Waals surface area contributed by atoms with Crippen LogP contribution >= 0.6 is 58.6 Å². The molecule has 0 bridgehead atoms. The summed E-state index contributed by atoms with van der Waals surface area (Å²) in [6, 6.07) is 11.3. The van der Waals surface area contributed by atoms with Crippen LogP contribution in [0.2, 0.25) is 5.02 Å². The lowest BCUT2D eigenvalue weighted by atomic mass is 10.0. The van der Waals surface area contributed by atoms with Gasteiger partial charge in [-0.1, -0.05) is 58.5 Å². The molecule has 1 N–H and O–H groups in total. The summed E-state index contributed by atoms with van der Waals surface area (Å²) in [5.41, 5.74) is 1.82. The van der Waals surface area contributed by atoms with Gasteiger partial charge in [0.1, 0.15) is 12.5 Å². The SMILES string of the molecule is O=CC(CNC(N1CCCN(c2ccccc2Cl)C1=S)C(Cl)(Cl)Cl)Cc1ccncc1. The van der Waals surface area contributed by atoms with Crippen molar-refractivity contribution in [2.75, 3.05) is 24.5 Å². The van der Waals surface area contributed by atoms with E-state index in [-0.39, 0.29) is 5.92 Å². The fourth-order valence-electron chi connectivity index (χ4n) is 3.53. The van der Waals surface area contributed by atoms with Gasteiger partial charge in [-0.05, 0) is 54.9 Å². The molecule has 10 heteroatoms. The van der Waals surface area contributed by atoms with Crippen LogP contribution in [-0.2, 0) is 11.2 Å². The number of alkyl halides is 3. The van der Waals surface area contributed by atoms with Crippen LogP contribution in [-0.4, -0.2) is 50.9 Å². The summed E-state index contributed by atoms with van der Waals surface area (Å²) >= 11 is 31.1. The number of pyridine rings is 1. The highest BCUT2D eigenvalue weighted by atomic mass is 35.6. The lowest BCUT2D eigenvalue weighted by Gasteiger charge is -2.45. The maximum absolute atomic E-state index is 11.7. The molecule has 2 aromatic rings. The number of halogens is 4. The molecule has 1 saturated heterocycles. The maximum atomic E-state index is 11.7. The number of rotatable bonds is 8. The number of nitrogens with one attached hydrogen (secondary N) is 1. The Morgan fingerprint density at radius 1 is 1.16 bits per heavy atom. The van der Waals surface area contributed by atoms with E-state index in [1.165, 1.54) is 0 Å². The van der Waals surface area contributed by atoms with E-state index in [4.69, 9.17) is 58.6 Å². The molecule has 3 rings (SSSR count). The molecule has 1 aliphatic rings. The zero-order valence-electron chi connectivity index (χ0n) is 16.6. The first kappa shape index (κ1) is 24.5. The van der Waals surface area contributed by atoms with Gasteiger partial charge in [-0.15, -0.1) is 0 Å². The molecule has 2 unspecified atom stereocenters. The van der Waals surface area contributed by atoms with Gasteiger partial charge in [0.05, 0.1) is 10.7 Å². The van der Waals surface area contributed by atoms with Crippen molar-refractivity contribution in [3.05, 3.63) is 59.4 Å². The predicted molar refractivity (Wildman–Crippen MR) is 132 cm³/mol. The highest BCUT2D eigenvalue weighted by molar-refractivity contribution is 7.80. The second-order valence-corrected chi connectivity index (χ2v) is 10.4. The average molecular weight is 520 g/mol. The summed E-state index contributed by atoms with van der Waals surface area (Å²) in [7, 11) is 0. The van der Waals surface area contributed by atoms with Gasteiger partial charge in [0.15, 0.2) is 5.11 Å². The zero-order chi connectivity index (χ0) is 22.4. The summed E-state index contributed by atoms with van der Waals surface area (Å²) in [5, 5.41) is 4.37. The molecule has 1 aliphatic heterocycles. The Hall–Kier alpha value is -1.15. The number of anilines is 1. The van der Waals surface area contributed by atoms with Crippen LogP contribution in [0, 0.1) is 5.92 Å². The molecular weight excluding hydrogens is 498 g/mol. The zero-order valence-corrected chi connectivity index (χ0v) is 20.4. The van der Waals surface area contributed by atoms with Crippen molar-refractivity contribution in [2.45, 2.75) is 22.8 Å². The topological polar surface area (TPSA) is 48.5 Å². The quantitative estimate of drug-likeness (QED) is 0.305. The Balaban J connectivity index is 1.74. The van der Waals surface area contributed by atoms with Crippen molar-refractivity contribution >= 4 is 75.7 Å². The number of aldehydes is 1. The predicted octanol–water partition coefficient (Wildman–Crippen LogP) is 4.88. The lowest BCUT2D eigenvalue weighted by molar-refractivity contribution is -0.111. The van der Waals surface area contributed by atoms with Gasteiger partial charge in [0.25, 0.3) is 0 Å². The van der Waals surface area contributed by atoms with Crippen LogP contribution in [0.25, 0.3) is 0 Å². The Morgan fingerprint density at radius 2 is 1.87 bits per heavy atom. The Morgan fingerprint density at radius 3 is 2.52 bits per heavy atom. The van der Waals surface area contributed by atoms with E-state index in [0.717, 1.165) is 24.0 Å². The number of benzene rings is 1. The molecule has 1 aromatic heterocycles. The van der Waals surface area contributed by atoms with Crippen LogP contribution < -0.4 is 10.2 Å². The molecule has 166 valence electrons. The molecule has 0 spiro atoms. The van der Waals surface area contributed by atoms with E-state index in [2.05, 4.69) is 10.3 Å². The van der Waals surface area contributed by atoms with Gasteiger partial charge >= 0.3 is 0 Å². The number of carbonyl (C=O) groups excluding carboxylic acids is 1. The lowest BCUT2D eigenvalue weighted by Crippen LogP contribution is -2.62. The molecule has 1 aromatic carbocycles. The first-order chi connectivity index (χ1) is 14.8. The fraction of sp³-hybridized carbons (Fsp3) is 0.381. The number of carbonyl (C=O) groups is 1. The van der Waals surface area contributed by atoms with Crippen molar-refractivity contribution in [3.63, 3.8) is 0 Å². The van der Waals surface area contributed by atoms with Gasteiger partial charge in [0, 0.05) is 37.9 Å². The summed E-state index contributed by atoms with van der Waals surface area (Å²) in [6.45, 7) is 1.65. The third-order valence-corrected chi connectivity index (χ3v) is 6.43. The van der Waals surface area contributed by atoms with Crippen molar-refractivity contribution < 1.29 is 4.79 Å². The molecule has 31 heavy (non-hydrogen) atoms. The van der Waals surface area contributed by atoms with Gasteiger partial charge in [-0.25, -0.2) is 0 Å². The highest BCUT2D eigenvalue weighted by Crippen LogP contribution is 2.35. The van der Waals surface area contributed by atoms with E-state index < -0.39 is 9.96 Å². The molecule has 0 aliphatic carbocycles. The van der Waals surface area contributed by atoms with E-state index in [0.29, 0.717) is 36.2 Å². The minimum Gasteiger partial charge on any atom is -0.329 e. The number of aromatic nitrogens is 1. The molecular formula is C21H22Cl4N4OS. The molecule has 0 amide bonds. The van der Waals surface area contributed by atoms with Crippen molar-refractivity contribution in [1.82, 2.24) is 15.2 Å². The Labute approximate surface area is 207 Å². The molecule has 0 saturated carbocycles. The second-order valence-electron chi connectivity index (χ2n) is 7.24. The monoisotopic (exact) mass is 518 g/mol. The average Bonchev–Trinajstić information content (AvgIpc) is 2.74. The van der Waals surface area contributed by atoms with Crippen molar-refractivity contribution in [1.29, 1.82) is 0 Å². The largest absolute Gasteiger partial charge is 0.329 e. The van der Waals surface area contributed by atoms with Gasteiger partial charge in [-0.3, -0.25) is 10.3 Å². The molecule has 1 fully saturated rings. The molecule has 2 atom stereocenters. The standard InChI is InChI=1S/C21H22Cl4N4OS/c22-17-4-1-2-5-18(17)28-10-3-11-29(20(28)31)19(21(23,24)25)27-13-16(14-30)12-15-6-8-26-9-7-15/h1-2,4-9,14,16,19,27H,3,10-13H2. The summed E-state index contributed by atoms with van der Waals surface area (Å²) < 4.78 is -1.67. The minimum absolute atomic E-state index is 0.296. The summed E-state index contributed by atoms with van der Waals surface area (Å²) in [4.78, 5) is 19.5. The van der Waals surface area contributed by atoms with E-state index >= 15 is 0 Å². The summed E-state index contributed by atoms with van der Waals surface area (Å²) in [6.07, 6.45) is 4.96. The van der Waals surface area contributed by atoms with Gasteiger partial charge in [-0.2, -0.15) is 0 Å². The normalized spacial score (nSPS) is 16.8. The first-order valence-corrected chi connectivity index (χ1v) is 11.7. The van der Waals surface area contributed by atoms with Crippen LogP contribution in [0.15, 0.2) is 48.8 Å². The highest BCUT2D eigenvalue weighted by Gasteiger charge is 2.41. The third-order valence-electron chi connectivity index (χ3n) is 5.04. The maximum Gasteiger partial charge on any atom is 0.223 e. The minimum atomic E-state index is -1.67. The number of para-hydroxylation sites is 1. The van der Waals surface area contributed by atoms with Crippen molar-refractivity contribution in [3.8, 4) is 0 Å². The van der Waals surface area contributed by atoms with Crippen LogP contribution in [0.4, 0.5) is 5.69 Å². The van der Waals surface area contributed by atoms with E-state index in [9.17, 15) is 4.79 Å². The van der Waals surface area contributed by atoms with E-state index in [1.54, 1.807) is 12.4 Å². The number of hydrogen-bond donors (Lipinski definition) is 1. The summed E-state index contributed by atoms with van der Waals surface area (Å²) in [5.74, 6) is -0.296. The fourth-order valence-corrected chi connectivity index (χ4v) is 4.74. The van der Waals surface area contributed by atoms with Gasteiger partial charge in [0.2, 0.25) is 3.79 Å². The Kier molecular flexibility index (Phi) is 8.79. The number of nitrogens with zero attached hydrogens (tertiary/aromatic N) is 3. The van der Waals surface area contributed by atoms with Crippen LogP contribution in [0.3, 0.4) is 0 Å². The molecule has 5 nitrogen and oxygen atoms in total. The molecule has 0 radical (unpaired) electrons. The van der Waals surface area contributed by atoms with Crippen LogP contribution in [0.1, 0.15) is 12.0 Å². The smallest absolute Gasteiger partial charge is 0.223 e. The molecule has 2 heterocycles. The number of thiocarbonyl (C=S) groups is 1. The van der Waals surface area contributed by atoms with Crippen LogP contribution in [0.5, 0.6) is 0 Å². The second kappa shape index (κ2) is 11.1. The first-order valence-electron chi connectivity index (χ1n) is 9.78. The Bertz CT molecular complexity index is 896. The number of hydrogen-bond acceptors (Lipinski definition) is 4. The van der Waals surface area contributed by atoms with Gasteiger partial charge < -0.3 is 14.6 Å². The van der Waals surface area contributed by atoms with Crippen molar-refractivity contribution in [2.24, 2.45) is 5.92 Å².